The van der Waals surface area contributed by atoms with Gasteiger partial charge in [0.25, 0.3) is 5.91 Å². The molecular formula is C22H17Cl2N3O2S. The van der Waals surface area contributed by atoms with Crippen LogP contribution in [-0.4, -0.2) is 22.5 Å². The maximum Gasteiger partial charge on any atom is 0.267 e. The summed E-state index contributed by atoms with van der Waals surface area (Å²) < 4.78 is 6.69. The van der Waals surface area contributed by atoms with Gasteiger partial charge in [0, 0.05) is 17.4 Å². The molecule has 2 heterocycles. The molecule has 0 saturated heterocycles. The van der Waals surface area contributed by atoms with Gasteiger partial charge >= 0.3 is 0 Å². The lowest BCUT2D eigenvalue weighted by Crippen LogP contribution is -2.34. The summed E-state index contributed by atoms with van der Waals surface area (Å²) in [6.45, 7) is 2.16. The standard InChI is InChI=1S/C22H17Cl2N3O2S/c1-14-4-2-6-19-21(14)26-22(30-19)27(12-15-5-3-9-25-11-15)20(28)13-29-18-8-7-16(23)10-17(18)24/h2-11H,12-13H2,1H3. The van der Waals surface area contributed by atoms with Gasteiger partial charge in [0.05, 0.1) is 21.8 Å². The Bertz CT molecular complexity index is 1200. The van der Waals surface area contributed by atoms with E-state index >= 15 is 0 Å². The van der Waals surface area contributed by atoms with Crippen LogP contribution in [0.25, 0.3) is 10.2 Å². The number of pyridine rings is 1. The summed E-state index contributed by atoms with van der Waals surface area (Å²) >= 11 is 13.5. The lowest BCUT2D eigenvalue weighted by atomic mass is 10.2. The maximum absolute atomic E-state index is 13.1. The second-order valence-corrected chi connectivity index (χ2v) is 8.48. The molecule has 0 atom stereocenters. The molecule has 0 aliphatic rings. The van der Waals surface area contributed by atoms with Crippen molar-refractivity contribution in [3.05, 3.63) is 82.1 Å². The van der Waals surface area contributed by atoms with Crippen molar-refractivity contribution in [1.82, 2.24) is 9.97 Å². The number of aromatic nitrogens is 2. The highest BCUT2D eigenvalue weighted by Crippen LogP contribution is 2.32. The van der Waals surface area contributed by atoms with Gasteiger partial charge in [-0.15, -0.1) is 0 Å². The van der Waals surface area contributed by atoms with Crippen LogP contribution in [0.5, 0.6) is 5.75 Å². The molecule has 2 aromatic carbocycles. The number of aryl methyl sites for hydroxylation is 1. The van der Waals surface area contributed by atoms with Crippen molar-refractivity contribution < 1.29 is 9.53 Å². The number of benzene rings is 2. The summed E-state index contributed by atoms with van der Waals surface area (Å²) in [5.41, 5.74) is 2.85. The molecule has 4 aromatic rings. The minimum Gasteiger partial charge on any atom is -0.482 e. The molecular weight excluding hydrogens is 441 g/mol. The molecule has 0 bridgehead atoms. The van der Waals surface area contributed by atoms with E-state index in [1.807, 2.05) is 37.3 Å². The van der Waals surface area contributed by atoms with Crippen molar-refractivity contribution >= 4 is 55.8 Å². The van der Waals surface area contributed by atoms with Crippen LogP contribution >= 0.6 is 34.5 Å². The molecule has 30 heavy (non-hydrogen) atoms. The molecule has 0 unspecified atom stereocenters. The van der Waals surface area contributed by atoms with Crippen molar-refractivity contribution in [2.24, 2.45) is 0 Å². The quantitative estimate of drug-likeness (QED) is 0.360. The average molecular weight is 458 g/mol. The van der Waals surface area contributed by atoms with E-state index < -0.39 is 0 Å². The number of hydrogen-bond acceptors (Lipinski definition) is 5. The molecule has 0 aliphatic carbocycles. The number of carbonyl (C=O) groups excluding carboxylic acids is 1. The summed E-state index contributed by atoms with van der Waals surface area (Å²) in [6, 6.07) is 14.6. The number of carbonyl (C=O) groups is 1. The Morgan fingerprint density at radius 2 is 2.03 bits per heavy atom. The van der Waals surface area contributed by atoms with Gasteiger partial charge in [-0.2, -0.15) is 0 Å². The van der Waals surface area contributed by atoms with Gasteiger partial charge in [0.1, 0.15) is 5.75 Å². The maximum atomic E-state index is 13.1. The van der Waals surface area contributed by atoms with Crippen molar-refractivity contribution in [2.45, 2.75) is 13.5 Å². The van der Waals surface area contributed by atoms with Crippen LogP contribution in [0, 0.1) is 6.92 Å². The van der Waals surface area contributed by atoms with Crippen molar-refractivity contribution in [3.8, 4) is 5.75 Å². The molecule has 2 aromatic heterocycles. The Morgan fingerprint density at radius 1 is 1.17 bits per heavy atom. The first kappa shape index (κ1) is 20.6. The first-order valence-electron chi connectivity index (χ1n) is 9.14. The largest absolute Gasteiger partial charge is 0.482 e. The third kappa shape index (κ3) is 4.56. The predicted octanol–water partition coefficient (Wildman–Crippen LogP) is 5.92. The van der Waals surface area contributed by atoms with Crippen LogP contribution in [0.3, 0.4) is 0 Å². The molecule has 4 rings (SSSR count). The van der Waals surface area contributed by atoms with E-state index in [-0.39, 0.29) is 12.5 Å². The number of nitrogens with zero attached hydrogens (tertiary/aromatic N) is 3. The number of amides is 1. The first-order valence-corrected chi connectivity index (χ1v) is 10.7. The van der Waals surface area contributed by atoms with E-state index in [1.54, 1.807) is 35.5 Å². The molecule has 8 heteroatoms. The van der Waals surface area contributed by atoms with Gasteiger partial charge in [0.2, 0.25) is 0 Å². The number of fused-ring (bicyclic) bond motifs is 1. The summed E-state index contributed by atoms with van der Waals surface area (Å²) in [7, 11) is 0. The van der Waals surface area contributed by atoms with Gasteiger partial charge in [-0.3, -0.25) is 14.7 Å². The second kappa shape index (κ2) is 9.00. The Kier molecular flexibility index (Phi) is 6.18. The first-order chi connectivity index (χ1) is 14.5. The zero-order chi connectivity index (χ0) is 21.1. The zero-order valence-corrected chi connectivity index (χ0v) is 18.3. The van der Waals surface area contributed by atoms with Gasteiger partial charge in [-0.1, -0.05) is 52.7 Å². The molecule has 1 amide bonds. The molecule has 152 valence electrons. The van der Waals surface area contributed by atoms with Crippen molar-refractivity contribution in [3.63, 3.8) is 0 Å². The highest BCUT2D eigenvalue weighted by atomic mass is 35.5. The molecule has 0 spiro atoms. The third-order valence-corrected chi connectivity index (χ3v) is 6.02. The minimum absolute atomic E-state index is 0.184. The molecule has 0 N–H and O–H groups in total. The van der Waals surface area contributed by atoms with E-state index in [0.29, 0.717) is 27.5 Å². The number of halogens is 2. The summed E-state index contributed by atoms with van der Waals surface area (Å²) in [5.74, 6) is 0.164. The second-order valence-electron chi connectivity index (χ2n) is 6.62. The third-order valence-electron chi connectivity index (χ3n) is 4.45. The number of rotatable bonds is 6. The Labute approximate surface area is 187 Å². The highest BCUT2D eigenvalue weighted by Gasteiger charge is 2.22. The van der Waals surface area contributed by atoms with Crippen molar-refractivity contribution in [2.75, 3.05) is 11.5 Å². The van der Waals surface area contributed by atoms with Gasteiger partial charge in [0.15, 0.2) is 11.7 Å². The lowest BCUT2D eigenvalue weighted by Gasteiger charge is -2.20. The number of thiazole rings is 1. The van der Waals surface area contributed by atoms with Crippen LogP contribution < -0.4 is 9.64 Å². The van der Waals surface area contributed by atoms with Crippen LogP contribution in [0.4, 0.5) is 5.13 Å². The van der Waals surface area contributed by atoms with E-state index in [2.05, 4.69) is 4.98 Å². The van der Waals surface area contributed by atoms with Crippen LogP contribution in [-0.2, 0) is 11.3 Å². The highest BCUT2D eigenvalue weighted by molar-refractivity contribution is 7.22. The van der Waals surface area contributed by atoms with Gasteiger partial charge < -0.3 is 4.74 Å². The van der Waals surface area contributed by atoms with Crippen LogP contribution in [0.15, 0.2) is 60.9 Å². The average Bonchev–Trinajstić information content (AvgIpc) is 3.17. The smallest absolute Gasteiger partial charge is 0.267 e. The van der Waals surface area contributed by atoms with E-state index in [4.69, 9.17) is 32.9 Å². The summed E-state index contributed by atoms with van der Waals surface area (Å²) in [6.07, 6.45) is 3.43. The summed E-state index contributed by atoms with van der Waals surface area (Å²) in [5, 5.41) is 1.46. The van der Waals surface area contributed by atoms with E-state index in [9.17, 15) is 4.79 Å². The SMILES string of the molecule is Cc1cccc2sc(N(Cc3cccnc3)C(=O)COc3ccc(Cl)cc3Cl)nc12. The molecule has 5 nitrogen and oxygen atoms in total. The van der Waals surface area contributed by atoms with E-state index in [0.717, 1.165) is 21.3 Å². The number of anilines is 1. The Morgan fingerprint density at radius 3 is 2.77 bits per heavy atom. The zero-order valence-electron chi connectivity index (χ0n) is 16.0. The topological polar surface area (TPSA) is 55.3 Å². The Hall–Kier alpha value is -2.67. The lowest BCUT2D eigenvalue weighted by molar-refractivity contribution is -0.120. The van der Waals surface area contributed by atoms with Gasteiger partial charge in [-0.25, -0.2) is 4.98 Å². The fourth-order valence-electron chi connectivity index (χ4n) is 2.94. The normalized spacial score (nSPS) is 10.9. The van der Waals surface area contributed by atoms with Gasteiger partial charge in [-0.05, 0) is 48.4 Å². The number of ether oxygens (including phenoxy) is 1. The van der Waals surface area contributed by atoms with Crippen LogP contribution in [0.1, 0.15) is 11.1 Å². The van der Waals surface area contributed by atoms with Crippen LogP contribution in [0.2, 0.25) is 10.0 Å². The minimum atomic E-state index is -0.235. The van der Waals surface area contributed by atoms with E-state index in [1.165, 1.54) is 11.3 Å². The summed E-state index contributed by atoms with van der Waals surface area (Å²) in [4.78, 5) is 23.6. The molecule has 0 fully saturated rings. The molecule has 0 aliphatic heterocycles. The predicted molar refractivity (Wildman–Crippen MR) is 122 cm³/mol. The fraction of sp³-hybridized carbons (Fsp3) is 0.136. The number of hydrogen-bond donors (Lipinski definition) is 0. The Balaban J connectivity index is 1.62. The number of para-hydroxylation sites is 1. The monoisotopic (exact) mass is 457 g/mol. The molecule has 0 radical (unpaired) electrons. The molecule has 0 saturated carbocycles. The fourth-order valence-corrected chi connectivity index (χ4v) is 4.46. The van der Waals surface area contributed by atoms with Crippen molar-refractivity contribution in [1.29, 1.82) is 0 Å².